The number of carbonyl (C=O) groups excluding carboxylic acids is 1. The van der Waals surface area contributed by atoms with Crippen LogP contribution in [0.4, 0.5) is 0 Å². The third-order valence-corrected chi connectivity index (χ3v) is 3.53. The Kier molecular flexibility index (Phi) is 5.76. The smallest absolute Gasteiger partial charge is 0.338 e. The van der Waals surface area contributed by atoms with Gasteiger partial charge in [0.15, 0.2) is 0 Å². The van der Waals surface area contributed by atoms with Crippen LogP contribution >= 0.6 is 27.5 Å². The van der Waals surface area contributed by atoms with Gasteiger partial charge in [-0.1, -0.05) is 53.0 Å². The molecule has 0 spiro atoms. The van der Waals surface area contributed by atoms with Gasteiger partial charge >= 0.3 is 5.97 Å². The van der Waals surface area contributed by atoms with Gasteiger partial charge in [0.2, 0.25) is 0 Å². The molecule has 2 rings (SSSR count). The van der Waals surface area contributed by atoms with E-state index in [1.807, 2.05) is 31.2 Å². The van der Waals surface area contributed by atoms with Gasteiger partial charge in [-0.2, -0.15) is 0 Å². The van der Waals surface area contributed by atoms with Crippen molar-refractivity contribution in [3.63, 3.8) is 0 Å². The highest BCUT2D eigenvalue weighted by Gasteiger charge is 2.11. The molecule has 0 unspecified atom stereocenters. The van der Waals surface area contributed by atoms with Gasteiger partial charge in [-0.15, -0.1) is 0 Å². The number of esters is 1. The summed E-state index contributed by atoms with van der Waals surface area (Å²) in [5.74, 6) is -0.392. The molecule has 3 nitrogen and oxygen atoms in total. The number of nitrogens with zero attached hydrogens (tertiary/aromatic N) is 1. The molecule has 0 N–H and O–H groups in total. The second-order valence-corrected chi connectivity index (χ2v) is 5.93. The van der Waals surface area contributed by atoms with Crippen LogP contribution in [0.25, 0.3) is 0 Å². The van der Waals surface area contributed by atoms with Gasteiger partial charge in [-0.25, -0.2) is 9.78 Å². The Morgan fingerprint density at radius 3 is 2.86 bits per heavy atom. The summed E-state index contributed by atoms with van der Waals surface area (Å²) in [4.78, 5) is 16.3. The van der Waals surface area contributed by atoms with Gasteiger partial charge < -0.3 is 4.74 Å². The number of benzene rings is 1. The second-order valence-electron chi connectivity index (χ2n) is 4.63. The van der Waals surface area contributed by atoms with Crippen LogP contribution in [0.1, 0.15) is 35.0 Å². The highest BCUT2D eigenvalue weighted by molar-refractivity contribution is 9.10. The van der Waals surface area contributed by atoms with E-state index in [9.17, 15) is 4.79 Å². The molecule has 0 radical (unpaired) electrons. The zero-order chi connectivity index (χ0) is 15.2. The fraction of sp³-hybridized carbons (Fsp3) is 0.250. The molecule has 5 heteroatoms. The van der Waals surface area contributed by atoms with E-state index in [0.717, 1.165) is 28.6 Å². The fourth-order valence-electron chi connectivity index (χ4n) is 1.91. The quantitative estimate of drug-likeness (QED) is 0.562. The monoisotopic (exact) mass is 367 g/mol. The van der Waals surface area contributed by atoms with Crippen molar-refractivity contribution < 1.29 is 9.53 Å². The number of hydrogen-bond donors (Lipinski definition) is 0. The van der Waals surface area contributed by atoms with E-state index < -0.39 is 5.97 Å². The van der Waals surface area contributed by atoms with E-state index >= 15 is 0 Å². The molecule has 0 amide bonds. The molecule has 2 aromatic rings. The molecule has 1 aromatic carbocycles. The molecule has 110 valence electrons. The first kappa shape index (κ1) is 16.0. The standard InChI is InChI=1S/C16H15BrClNO2/c1-2-4-14-8-12(9-15(18)19-14)16(20)21-10-11-5-3-6-13(17)7-11/h3,5-9H,2,4,10H2,1H3. The maximum absolute atomic E-state index is 12.1. The molecule has 1 aromatic heterocycles. The predicted octanol–water partition coefficient (Wildman–Crippen LogP) is 4.81. The molecule has 0 aliphatic rings. The van der Waals surface area contributed by atoms with Crippen LogP contribution in [0.15, 0.2) is 40.9 Å². The topological polar surface area (TPSA) is 39.2 Å². The molecule has 0 saturated heterocycles. The molecule has 0 fully saturated rings. The highest BCUT2D eigenvalue weighted by Crippen LogP contribution is 2.16. The number of aromatic nitrogens is 1. The number of aryl methyl sites for hydroxylation is 1. The Balaban J connectivity index is 2.06. The lowest BCUT2D eigenvalue weighted by Gasteiger charge is -2.07. The summed E-state index contributed by atoms with van der Waals surface area (Å²) in [6, 6.07) is 10.9. The first-order chi connectivity index (χ1) is 10.1. The summed E-state index contributed by atoms with van der Waals surface area (Å²) in [6.45, 7) is 2.27. The molecule has 0 aliphatic carbocycles. The molecule has 0 aliphatic heterocycles. The van der Waals surface area contributed by atoms with Crippen molar-refractivity contribution in [2.75, 3.05) is 0 Å². The number of rotatable bonds is 5. The molecule has 0 atom stereocenters. The first-order valence-electron chi connectivity index (χ1n) is 6.66. The number of hydrogen-bond acceptors (Lipinski definition) is 3. The van der Waals surface area contributed by atoms with E-state index in [0.29, 0.717) is 10.7 Å². The maximum atomic E-state index is 12.1. The second kappa shape index (κ2) is 7.57. The van der Waals surface area contributed by atoms with Crippen LogP contribution in [0.5, 0.6) is 0 Å². The first-order valence-corrected chi connectivity index (χ1v) is 7.83. The van der Waals surface area contributed by atoms with Crippen molar-refractivity contribution in [2.24, 2.45) is 0 Å². The number of halogens is 2. The van der Waals surface area contributed by atoms with Crippen molar-refractivity contribution in [3.8, 4) is 0 Å². The van der Waals surface area contributed by atoms with Crippen molar-refractivity contribution >= 4 is 33.5 Å². The zero-order valence-corrected chi connectivity index (χ0v) is 13.9. The van der Waals surface area contributed by atoms with E-state index in [2.05, 4.69) is 20.9 Å². The number of ether oxygens (including phenoxy) is 1. The third kappa shape index (κ3) is 4.83. The number of pyridine rings is 1. The van der Waals surface area contributed by atoms with Gasteiger partial charge in [0.1, 0.15) is 11.8 Å². The van der Waals surface area contributed by atoms with Crippen LogP contribution in [-0.4, -0.2) is 11.0 Å². The predicted molar refractivity (Wildman–Crippen MR) is 86.5 cm³/mol. The summed E-state index contributed by atoms with van der Waals surface area (Å²) in [7, 11) is 0. The minimum atomic E-state index is -0.392. The van der Waals surface area contributed by atoms with E-state index in [1.54, 1.807) is 6.07 Å². The lowest BCUT2D eigenvalue weighted by molar-refractivity contribution is 0.0472. The molecular weight excluding hydrogens is 354 g/mol. The van der Waals surface area contributed by atoms with Gasteiger partial charge in [0.25, 0.3) is 0 Å². The minimum Gasteiger partial charge on any atom is -0.457 e. The van der Waals surface area contributed by atoms with Crippen molar-refractivity contribution in [1.29, 1.82) is 0 Å². The Morgan fingerprint density at radius 2 is 2.14 bits per heavy atom. The van der Waals surface area contributed by atoms with Crippen LogP contribution in [-0.2, 0) is 17.8 Å². The lowest BCUT2D eigenvalue weighted by atomic mass is 10.1. The normalized spacial score (nSPS) is 10.4. The summed E-state index contributed by atoms with van der Waals surface area (Å²) in [5, 5.41) is 0.315. The van der Waals surface area contributed by atoms with Crippen LogP contribution in [0.3, 0.4) is 0 Å². The Morgan fingerprint density at radius 1 is 1.33 bits per heavy atom. The summed E-state index contributed by atoms with van der Waals surface area (Å²) in [6.07, 6.45) is 1.73. The minimum absolute atomic E-state index is 0.224. The van der Waals surface area contributed by atoms with E-state index in [4.69, 9.17) is 16.3 Å². The van der Waals surface area contributed by atoms with Gasteiger partial charge in [0.05, 0.1) is 5.56 Å². The molecule has 0 bridgehead atoms. The van der Waals surface area contributed by atoms with Gasteiger partial charge in [0, 0.05) is 10.2 Å². The van der Waals surface area contributed by atoms with Crippen molar-refractivity contribution in [3.05, 3.63) is 62.8 Å². The molecular formula is C16H15BrClNO2. The Bertz CT molecular complexity index is 646. The van der Waals surface area contributed by atoms with Crippen LogP contribution in [0.2, 0.25) is 5.15 Å². The summed E-state index contributed by atoms with van der Waals surface area (Å²) < 4.78 is 6.26. The third-order valence-electron chi connectivity index (χ3n) is 2.85. The average Bonchev–Trinajstić information content (AvgIpc) is 2.44. The van der Waals surface area contributed by atoms with Crippen molar-refractivity contribution in [1.82, 2.24) is 4.98 Å². The van der Waals surface area contributed by atoms with E-state index in [-0.39, 0.29) is 6.61 Å². The lowest BCUT2D eigenvalue weighted by Crippen LogP contribution is -2.07. The SMILES string of the molecule is CCCc1cc(C(=O)OCc2cccc(Br)c2)cc(Cl)n1. The largest absolute Gasteiger partial charge is 0.457 e. The van der Waals surface area contributed by atoms with Gasteiger partial charge in [-0.05, 0) is 36.2 Å². The highest BCUT2D eigenvalue weighted by atomic mass is 79.9. The summed E-state index contributed by atoms with van der Waals surface area (Å²) in [5.41, 5.74) is 2.17. The van der Waals surface area contributed by atoms with E-state index in [1.165, 1.54) is 6.07 Å². The molecule has 1 heterocycles. The zero-order valence-electron chi connectivity index (χ0n) is 11.6. The Labute approximate surface area is 137 Å². The number of carbonyl (C=O) groups is 1. The van der Waals surface area contributed by atoms with Crippen LogP contribution < -0.4 is 0 Å². The molecule has 0 saturated carbocycles. The summed E-state index contributed by atoms with van der Waals surface area (Å²) >= 11 is 9.33. The fourth-order valence-corrected chi connectivity index (χ4v) is 2.59. The van der Waals surface area contributed by atoms with Crippen LogP contribution in [0, 0.1) is 0 Å². The average molecular weight is 369 g/mol. The van der Waals surface area contributed by atoms with Crippen molar-refractivity contribution in [2.45, 2.75) is 26.4 Å². The maximum Gasteiger partial charge on any atom is 0.338 e. The van der Waals surface area contributed by atoms with Gasteiger partial charge in [-0.3, -0.25) is 0 Å². The molecule has 21 heavy (non-hydrogen) atoms. The Hall–Kier alpha value is -1.39.